The number of carbonyl (C=O) groups is 1. The van der Waals surface area contributed by atoms with Crippen LogP contribution in [0.1, 0.15) is 24.5 Å². The van der Waals surface area contributed by atoms with Crippen LogP contribution in [0.15, 0.2) is 30.3 Å². The van der Waals surface area contributed by atoms with Crippen molar-refractivity contribution in [2.24, 2.45) is 0 Å². The van der Waals surface area contributed by atoms with Crippen molar-refractivity contribution in [3.05, 3.63) is 41.5 Å². The van der Waals surface area contributed by atoms with E-state index in [9.17, 15) is 4.79 Å². The summed E-state index contributed by atoms with van der Waals surface area (Å²) in [5.41, 5.74) is 1.26. The topological polar surface area (TPSA) is 50.1 Å². The van der Waals surface area contributed by atoms with Crippen LogP contribution in [0.25, 0.3) is 6.08 Å². The predicted molar refractivity (Wildman–Crippen MR) is 61.4 cm³/mol. The Balaban J connectivity index is 2.69. The molecule has 0 aliphatic heterocycles. The van der Waals surface area contributed by atoms with E-state index in [-0.39, 0.29) is 5.97 Å². The quantitative estimate of drug-likeness (QED) is 0.572. The first-order valence-electron chi connectivity index (χ1n) is 5.12. The Hall–Kier alpha value is -2.08. The van der Waals surface area contributed by atoms with E-state index in [4.69, 9.17) is 10.00 Å². The maximum atomic E-state index is 11.2. The molecule has 3 nitrogen and oxygen atoms in total. The molecule has 0 amide bonds. The molecule has 1 aromatic carbocycles. The molecule has 0 radical (unpaired) electrons. The number of benzene rings is 1. The van der Waals surface area contributed by atoms with Crippen molar-refractivity contribution in [2.45, 2.75) is 13.3 Å². The molecular formula is C13H13NO2. The first-order chi connectivity index (χ1) is 7.77. The molecule has 0 saturated carbocycles. The molecule has 16 heavy (non-hydrogen) atoms. The van der Waals surface area contributed by atoms with Crippen molar-refractivity contribution in [3.8, 4) is 6.07 Å². The van der Waals surface area contributed by atoms with E-state index in [2.05, 4.69) is 6.07 Å². The van der Waals surface area contributed by atoms with Crippen LogP contribution in [-0.2, 0) is 9.53 Å². The lowest BCUT2D eigenvalue weighted by Crippen LogP contribution is -2.00. The van der Waals surface area contributed by atoms with E-state index in [0.717, 1.165) is 12.0 Å². The Morgan fingerprint density at radius 2 is 2.25 bits per heavy atom. The van der Waals surface area contributed by atoms with Crippen LogP contribution in [-0.4, -0.2) is 12.6 Å². The van der Waals surface area contributed by atoms with Gasteiger partial charge in [0.2, 0.25) is 0 Å². The van der Waals surface area contributed by atoms with Crippen molar-refractivity contribution in [1.29, 1.82) is 5.26 Å². The maximum Gasteiger partial charge on any atom is 0.330 e. The summed E-state index contributed by atoms with van der Waals surface area (Å²) >= 11 is 0. The van der Waals surface area contributed by atoms with Gasteiger partial charge in [-0.1, -0.05) is 25.1 Å². The number of nitrogens with zero attached hydrogens (tertiary/aromatic N) is 1. The van der Waals surface area contributed by atoms with Gasteiger partial charge in [0.05, 0.1) is 18.2 Å². The second-order valence-electron chi connectivity index (χ2n) is 3.20. The van der Waals surface area contributed by atoms with Crippen LogP contribution in [0, 0.1) is 11.3 Å². The smallest absolute Gasteiger partial charge is 0.330 e. The fourth-order valence-electron chi connectivity index (χ4n) is 1.15. The molecule has 0 aliphatic rings. The summed E-state index contributed by atoms with van der Waals surface area (Å²) in [6, 6.07) is 9.14. The monoisotopic (exact) mass is 215 g/mol. The Morgan fingerprint density at radius 3 is 2.94 bits per heavy atom. The second kappa shape index (κ2) is 6.41. The number of ether oxygens (including phenoxy) is 1. The lowest BCUT2D eigenvalue weighted by molar-refractivity contribution is -0.137. The molecular weight excluding hydrogens is 202 g/mol. The van der Waals surface area contributed by atoms with E-state index in [0.29, 0.717) is 12.2 Å². The standard InChI is InChI=1S/C13H13NO2/c1-2-9-16-13(15)8-7-11-5-3-4-6-12(11)10-14/h3-8H,2,9H2,1H3. The van der Waals surface area contributed by atoms with Gasteiger partial charge in [0.15, 0.2) is 0 Å². The summed E-state index contributed by atoms with van der Waals surface area (Å²) in [6.45, 7) is 2.35. The highest BCUT2D eigenvalue weighted by Crippen LogP contribution is 2.09. The van der Waals surface area contributed by atoms with Crippen LogP contribution in [0.5, 0.6) is 0 Å². The Kier molecular flexibility index (Phi) is 4.81. The molecule has 0 aromatic heterocycles. The van der Waals surface area contributed by atoms with Gasteiger partial charge in [0.1, 0.15) is 0 Å². The molecule has 3 heteroatoms. The number of nitriles is 1. The van der Waals surface area contributed by atoms with Crippen LogP contribution >= 0.6 is 0 Å². The molecule has 0 atom stereocenters. The molecule has 82 valence electrons. The Morgan fingerprint density at radius 1 is 1.50 bits per heavy atom. The van der Waals surface area contributed by atoms with Crippen molar-refractivity contribution in [2.75, 3.05) is 6.61 Å². The van der Waals surface area contributed by atoms with E-state index < -0.39 is 0 Å². The van der Waals surface area contributed by atoms with Gasteiger partial charge in [-0.3, -0.25) is 0 Å². The van der Waals surface area contributed by atoms with Crippen LogP contribution < -0.4 is 0 Å². The summed E-state index contributed by atoms with van der Waals surface area (Å²) in [6.07, 6.45) is 3.73. The maximum absolute atomic E-state index is 11.2. The van der Waals surface area contributed by atoms with E-state index >= 15 is 0 Å². The summed E-state index contributed by atoms with van der Waals surface area (Å²) in [5, 5.41) is 8.83. The molecule has 0 aliphatic carbocycles. The summed E-state index contributed by atoms with van der Waals surface area (Å²) < 4.78 is 4.88. The first-order valence-corrected chi connectivity index (χ1v) is 5.12. The minimum atomic E-state index is -0.380. The third kappa shape index (κ3) is 3.58. The summed E-state index contributed by atoms with van der Waals surface area (Å²) in [7, 11) is 0. The molecule has 0 fully saturated rings. The van der Waals surface area contributed by atoms with Gasteiger partial charge < -0.3 is 4.74 Å². The van der Waals surface area contributed by atoms with Gasteiger partial charge in [-0.15, -0.1) is 0 Å². The van der Waals surface area contributed by atoms with Crippen molar-refractivity contribution in [3.63, 3.8) is 0 Å². The fraction of sp³-hybridized carbons (Fsp3) is 0.231. The number of carbonyl (C=O) groups excluding carboxylic acids is 1. The average molecular weight is 215 g/mol. The fourth-order valence-corrected chi connectivity index (χ4v) is 1.15. The molecule has 0 bridgehead atoms. The van der Waals surface area contributed by atoms with Gasteiger partial charge in [0, 0.05) is 6.08 Å². The first kappa shape index (κ1) is 12.0. The molecule has 0 unspecified atom stereocenters. The molecule has 0 heterocycles. The van der Waals surface area contributed by atoms with Gasteiger partial charge >= 0.3 is 5.97 Å². The number of hydrogen-bond acceptors (Lipinski definition) is 3. The highest BCUT2D eigenvalue weighted by molar-refractivity contribution is 5.87. The normalized spacial score (nSPS) is 10.0. The van der Waals surface area contributed by atoms with Gasteiger partial charge in [0.25, 0.3) is 0 Å². The van der Waals surface area contributed by atoms with Gasteiger partial charge in [-0.05, 0) is 24.1 Å². The van der Waals surface area contributed by atoms with Gasteiger partial charge in [-0.2, -0.15) is 5.26 Å². The average Bonchev–Trinajstić information content (AvgIpc) is 2.34. The minimum Gasteiger partial charge on any atom is -0.463 e. The minimum absolute atomic E-state index is 0.380. The van der Waals surface area contributed by atoms with Crippen molar-refractivity contribution < 1.29 is 9.53 Å². The second-order valence-corrected chi connectivity index (χ2v) is 3.20. The highest BCUT2D eigenvalue weighted by atomic mass is 16.5. The largest absolute Gasteiger partial charge is 0.463 e. The van der Waals surface area contributed by atoms with E-state index in [1.165, 1.54) is 6.08 Å². The predicted octanol–water partition coefficient (Wildman–Crippen LogP) is 2.52. The number of hydrogen-bond donors (Lipinski definition) is 0. The number of esters is 1. The highest BCUT2D eigenvalue weighted by Gasteiger charge is 1.98. The Labute approximate surface area is 95.0 Å². The SMILES string of the molecule is CCCOC(=O)C=Cc1ccccc1C#N. The molecule has 0 N–H and O–H groups in total. The van der Waals surface area contributed by atoms with Crippen LogP contribution in [0.2, 0.25) is 0 Å². The number of rotatable bonds is 4. The molecule has 0 saturated heterocycles. The van der Waals surface area contributed by atoms with E-state index in [1.807, 2.05) is 13.0 Å². The zero-order chi connectivity index (χ0) is 11.8. The molecule has 0 spiro atoms. The molecule has 1 rings (SSSR count). The third-order valence-corrected chi connectivity index (χ3v) is 1.93. The van der Waals surface area contributed by atoms with Gasteiger partial charge in [-0.25, -0.2) is 4.79 Å². The van der Waals surface area contributed by atoms with Crippen LogP contribution in [0.3, 0.4) is 0 Å². The van der Waals surface area contributed by atoms with E-state index in [1.54, 1.807) is 24.3 Å². The zero-order valence-corrected chi connectivity index (χ0v) is 9.14. The zero-order valence-electron chi connectivity index (χ0n) is 9.14. The van der Waals surface area contributed by atoms with Crippen molar-refractivity contribution >= 4 is 12.0 Å². The summed E-state index contributed by atoms with van der Waals surface area (Å²) in [5.74, 6) is -0.380. The van der Waals surface area contributed by atoms with Crippen LogP contribution in [0.4, 0.5) is 0 Å². The summed E-state index contributed by atoms with van der Waals surface area (Å²) in [4.78, 5) is 11.2. The third-order valence-electron chi connectivity index (χ3n) is 1.93. The molecule has 1 aromatic rings. The Bertz CT molecular complexity index is 430. The lowest BCUT2D eigenvalue weighted by Gasteiger charge is -1.98. The lowest BCUT2D eigenvalue weighted by atomic mass is 10.1. The van der Waals surface area contributed by atoms with Crippen molar-refractivity contribution in [1.82, 2.24) is 0 Å².